The lowest BCUT2D eigenvalue weighted by atomic mass is 10.1. The quantitative estimate of drug-likeness (QED) is 0.611. The van der Waals surface area contributed by atoms with E-state index in [2.05, 4.69) is 24.6 Å². The molecule has 1 rings (SSSR count). The zero-order valence-corrected chi connectivity index (χ0v) is 13.1. The first-order valence-corrected chi connectivity index (χ1v) is 7.03. The van der Waals surface area contributed by atoms with E-state index in [0.717, 1.165) is 42.3 Å². The second-order valence-corrected chi connectivity index (χ2v) is 4.80. The molecule has 3 nitrogen and oxygen atoms in total. The molecule has 0 saturated carbocycles. The van der Waals surface area contributed by atoms with Crippen LogP contribution >= 0.6 is 0 Å². The van der Waals surface area contributed by atoms with Crippen molar-refractivity contribution in [2.24, 2.45) is 0 Å². The number of nitrogens with zero attached hydrogens (tertiary/aromatic N) is 1. The Kier molecular flexibility index (Phi) is 7.33. The zero-order chi connectivity index (χ0) is 15.7. The fourth-order valence-electron chi connectivity index (χ4n) is 2.06. The van der Waals surface area contributed by atoms with Gasteiger partial charge in [-0.2, -0.15) is 0 Å². The summed E-state index contributed by atoms with van der Waals surface area (Å²) in [7, 11) is 1.64. The van der Waals surface area contributed by atoms with Gasteiger partial charge in [0.15, 0.2) is 11.5 Å². The fraction of sp³-hybridized carbons (Fsp3) is 0.333. The van der Waals surface area contributed by atoms with E-state index in [1.807, 2.05) is 37.3 Å². The normalized spacial score (nSPS) is 10.2. The van der Waals surface area contributed by atoms with Crippen LogP contribution in [-0.4, -0.2) is 38.3 Å². The molecule has 0 aliphatic rings. The lowest BCUT2D eigenvalue weighted by molar-refractivity contribution is 0.229. The molecule has 0 aliphatic heterocycles. The van der Waals surface area contributed by atoms with Crippen molar-refractivity contribution in [3.05, 3.63) is 55.7 Å². The van der Waals surface area contributed by atoms with Crippen molar-refractivity contribution in [1.82, 2.24) is 4.90 Å². The van der Waals surface area contributed by atoms with Gasteiger partial charge in [-0.1, -0.05) is 30.9 Å². The lowest BCUT2D eigenvalue weighted by Crippen LogP contribution is -2.28. The first kappa shape index (κ1) is 17.1. The number of allylic oxidation sites excluding steroid dienone is 1. The van der Waals surface area contributed by atoms with Gasteiger partial charge in [0, 0.05) is 25.2 Å². The zero-order valence-electron chi connectivity index (χ0n) is 13.1. The number of rotatable bonds is 10. The second kappa shape index (κ2) is 9.03. The summed E-state index contributed by atoms with van der Waals surface area (Å²) in [5.74, 6) is 1.49. The highest BCUT2D eigenvalue weighted by atomic mass is 16.5. The molecule has 0 heterocycles. The second-order valence-electron chi connectivity index (χ2n) is 4.80. The van der Waals surface area contributed by atoms with Crippen molar-refractivity contribution >= 4 is 5.57 Å². The molecule has 0 spiro atoms. The summed E-state index contributed by atoms with van der Waals surface area (Å²) in [6, 6.07) is 5.83. The summed E-state index contributed by atoms with van der Waals surface area (Å²) in [5.41, 5.74) is 1.94. The molecule has 114 valence electrons. The van der Waals surface area contributed by atoms with Crippen molar-refractivity contribution in [3.63, 3.8) is 0 Å². The summed E-state index contributed by atoms with van der Waals surface area (Å²) in [6.07, 6.45) is 3.76. The number of hydrogen-bond acceptors (Lipinski definition) is 3. The Labute approximate surface area is 128 Å². The summed E-state index contributed by atoms with van der Waals surface area (Å²) in [5, 5.41) is 0. The van der Waals surface area contributed by atoms with Gasteiger partial charge in [-0.15, -0.1) is 13.2 Å². The molecule has 21 heavy (non-hydrogen) atoms. The molecular weight excluding hydrogens is 262 g/mol. The SMILES string of the molecule is C=CCN(CC=C)CCOc1c(OC)cccc1C(=C)C. The minimum absolute atomic E-state index is 0.572. The number of ether oxygens (including phenoxy) is 2. The number of hydrogen-bond donors (Lipinski definition) is 0. The highest BCUT2D eigenvalue weighted by Crippen LogP contribution is 2.34. The van der Waals surface area contributed by atoms with Gasteiger partial charge < -0.3 is 9.47 Å². The van der Waals surface area contributed by atoms with Gasteiger partial charge in [0.2, 0.25) is 0 Å². The van der Waals surface area contributed by atoms with Crippen LogP contribution in [0.3, 0.4) is 0 Å². The summed E-state index contributed by atoms with van der Waals surface area (Å²) in [6.45, 7) is 16.5. The molecule has 0 aliphatic carbocycles. The van der Waals surface area contributed by atoms with Crippen LogP contribution in [0.15, 0.2) is 50.1 Å². The van der Waals surface area contributed by atoms with E-state index in [1.165, 1.54) is 0 Å². The van der Waals surface area contributed by atoms with Crippen molar-refractivity contribution in [2.75, 3.05) is 33.4 Å². The summed E-state index contributed by atoms with van der Waals surface area (Å²) < 4.78 is 11.3. The maximum Gasteiger partial charge on any atom is 0.168 e. The van der Waals surface area contributed by atoms with Gasteiger partial charge in [0.25, 0.3) is 0 Å². The number of benzene rings is 1. The molecule has 0 bridgehead atoms. The largest absolute Gasteiger partial charge is 0.493 e. The monoisotopic (exact) mass is 287 g/mol. The Morgan fingerprint density at radius 2 is 1.90 bits per heavy atom. The van der Waals surface area contributed by atoms with Gasteiger partial charge in [0.05, 0.1) is 7.11 Å². The van der Waals surface area contributed by atoms with Gasteiger partial charge in [-0.3, -0.25) is 4.90 Å². The Bertz CT molecular complexity index is 484. The van der Waals surface area contributed by atoms with Crippen LogP contribution < -0.4 is 9.47 Å². The van der Waals surface area contributed by atoms with Crippen LogP contribution in [-0.2, 0) is 0 Å². The first-order valence-electron chi connectivity index (χ1n) is 7.03. The predicted molar refractivity (Wildman–Crippen MR) is 90.0 cm³/mol. The molecule has 1 aromatic carbocycles. The van der Waals surface area contributed by atoms with E-state index in [4.69, 9.17) is 9.47 Å². The van der Waals surface area contributed by atoms with Crippen LogP contribution in [0.1, 0.15) is 12.5 Å². The molecule has 3 heteroatoms. The average Bonchev–Trinajstić information content (AvgIpc) is 2.47. The highest BCUT2D eigenvalue weighted by molar-refractivity contribution is 5.70. The number of methoxy groups -OCH3 is 1. The topological polar surface area (TPSA) is 21.7 Å². The third-order valence-electron chi connectivity index (χ3n) is 3.09. The Balaban J connectivity index is 2.75. The lowest BCUT2D eigenvalue weighted by Gasteiger charge is -2.20. The van der Waals surface area contributed by atoms with Crippen LogP contribution in [0.5, 0.6) is 11.5 Å². The van der Waals surface area contributed by atoms with Gasteiger partial charge >= 0.3 is 0 Å². The van der Waals surface area contributed by atoms with Crippen molar-refractivity contribution in [1.29, 1.82) is 0 Å². The molecule has 0 radical (unpaired) electrons. The molecule has 0 N–H and O–H groups in total. The van der Waals surface area contributed by atoms with Gasteiger partial charge in [-0.05, 0) is 18.6 Å². The van der Waals surface area contributed by atoms with E-state index in [-0.39, 0.29) is 0 Å². The number of para-hydroxylation sites is 1. The Morgan fingerprint density at radius 3 is 2.43 bits per heavy atom. The van der Waals surface area contributed by atoms with E-state index < -0.39 is 0 Å². The van der Waals surface area contributed by atoms with Gasteiger partial charge in [0.1, 0.15) is 6.61 Å². The third kappa shape index (κ3) is 5.12. The first-order chi connectivity index (χ1) is 10.1. The maximum absolute atomic E-state index is 5.95. The molecule has 0 atom stereocenters. The average molecular weight is 287 g/mol. The Hall–Kier alpha value is -2.00. The third-order valence-corrected chi connectivity index (χ3v) is 3.09. The molecule has 0 unspecified atom stereocenters. The maximum atomic E-state index is 5.95. The highest BCUT2D eigenvalue weighted by Gasteiger charge is 2.11. The minimum atomic E-state index is 0.572. The van der Waals surface area contributed by atoms with E-state index >= 15 is 0 Å². The summed E-state index contributed by atoms with van der Waals surface area (Å²) >= 11 is 0. The Morgan fingerprint density at radius 1 is 1.24 bits per heavy atom. The smallest absolute Gasteiger partial charge is 0.168 e. The fourth-order valence-corrected chi connectivity index (χ4v) is 2.06. The van der Waals surface area contributed by atoms with E-state index in [1.54, 1.807) is 7.11 Å². The van der Waals surface area contributed by atoms with Crippen molar-refractivity contribution in [3.8, 4) is 11.5 Å². The minimum Gasteiger partial charge on any atom is -0.493 e. The molecule has 0 aromatic heterocycles. The molecule has 1 aromatic rings. The van der Waals surface area contributed by atoms with Gasteiger partial charge in [-0.25, -0.2) is 0 Å². The van der Waals surface area contributed by atoms with Crippen LogP contribution in [0.25, 0.3) is 5.57 Å². The summed E-state index contributed by atoms with van der Waals surface area (Å²) in [4.78, 5) is 2.20. The molecular formula is C18H25NO2. The van der Waals surface area contributed by atoms with E-state index in [9.17, 15) is 0 Å². The van der Waals surface area contributed by atoms with Crippen LogP contribution in [0.4, 0.5) is 0 Å². The molecule has 0 fully saturated rings. The standard InChI is InChI=1S/C18H25NO2/c1-6-11-19(12-7-2)13-14-21-18-16(15(3)4)9-8-10-17(18)20-5/h6-10H,1-3,11-14H2,4-5H3. The molecule has 0 amide bonds. The van der Waals surface area contributed by atoms with Crippen LogP contribution in [0, 0.1) is 0 Å². The molecule has 0 saturated heterocycles. The van der Waals surface area contributed by atoms with Crippen molar-refractivity contribution < 1.29 is 9.47 Å². The van der Waals surface area contributed by atoms with E-state index in [0.29, 0.717) is 6.61 Å². The predicted octanol–water partition coefficient (Wildman–Crippen LogP) is 3.78. The van der Waals surface area contributed by atoms with Crippen molar-refractivity contribution in [2.45, 2.75) is 6.92 Å². The van der Waals surface area contributed by atoms with Crippen LogP contribution in [0.2, 0.25) is 0 Å².